The summed E-state index contributed by atoms with van der Waals surface area (Å²) < 4.78 is 0. The summed E-state index contributed by atoms with van der Waals surface area (Å²) in [6, 6.07) is 29.2. The van der Waals surface area contributed by atoms with E-state index < -0.39 is 0 Å². The summed E-state index contributed by atoms with van der Waals surface area (Å²) in [6.45, 7) is 0.737. The maximum atomic E-state index is 13.0. The fourth-order valence-corrected chi connectivity index (χ4v) is 3.84. The first-order chi connectivity index (χ1) is 16.5. The predicted octanol–water partition coefficient (Wildman–Crippen LogP) is 6.52. The number of rotatable bonds is 7. The Bertz CT molecular complexity index is 1200. The van der Waals surface area contributed by atoms with E-state index in [1.165, 1.54) is 0 Å². The van der Waals surface area contributed by atoms with Crippen molar-refractivity contribution in [2.45, 2.75) is 13.1 Å². The SMILES string of the molecule is O=C(NCc1ccc(Cl)cc1)c1ccccc1-c1ccccc1C(=O)NCc1ccc(Cl)cc1. The summed E-state index contributed by atoms with van der Waals surface area (Å²) in [4.78, 5) is 26.1. The molecule has 0 spiro atoms. The Morgan fingerprint density at radius 3 is 1.26 bits per heavy atom. The largest absolute Gasteiger partial charge is 0.348 e. The molecule has 4 aromatic carbocycles. The van der Waals surface area contributed by atoms with Crippen molar-refractivity contribution in [2.24, 2.45) is 0 Å². The molecule has 0 aliphatic heterocycles. The highest BCUT2D eigenvalue weighted by Crippen LogP contribution is 2.27. The van der Waals surface area contributed by atoms with E-state index in [1.54, 1.807) is 36.4 Å². The lowest BCUT2D eigenvalue weighted by atomic mass is 9.94. The highest BCUT2D eigenvalue weighted by atomic mass is 35.5. The van der Waals surface area contributed by atoms with Gasteiger partial charge in [0.15, 0.2) is 0 Å². The molecule has 0 fully saturated rings. The van der Waals surface area contributed by atoms with Crippen LogP contribution in [-0.2, 0) is 13.1 Å². The third-order valence-electron chi connectivity index (χ3n) is 5.37. The maximum absolute atomic E-state index is 13.0. The number of carbonyl (C=O) groups excluding carboxylic acids is 2. The number of hydrogen-bond acceptors (Lipinski definition) is 2. The molecule has 0 unspecified atom stereocenters. The Labute approximate surface area is 208 Å². The van der Waals surface area contributed by atoms with E-state index in [4.69, 9.17) is 23.2 Å². The van der Waals surface area contributed by atoms with Crippen molar-refractivity contribution in [3.8, 4) is 11.1 Å². The highest BCUT2D eigenvalue weighted by molar-refractivity contribution is 6.30. The van der Waals surface area contributed by atoms with Crippen LogP contribution in [0.1, 0.15) is 31.8 Å². The van der Waals surface area contributed by atoms with Gasteiger partial charge in [-0.3, -0.25) is 9.59 Å². The molecule has 0 saturated carbocycles. The summed E-state index contributed by atoms with van der Waals surface area (Å²) in [6.07, 6.45) is 0. The van der Waals surface area contributed by atoms with E-state index >= 15 is 0 Å². The lowest BCUT2D eigenvalue weighted by Crippen LogP contribution is -2.25. The van der Waals surface area contributed by atoms with Gasteiger partial charge in [-0.2, -0.15) is 0 Å². The van der Waals surface area contributed by atoms with Crippen molar-refractivity contribution in [1.82, 2.24) is 10.6 Å². The molecule has 0 aromatic heterocycles. The monoisotopic (exact) mass is 488 g/mol. The molecule has 4 nitrogen and oxygen atoms in total. The Kier molecular flexibility index (Phi) is 7.63. The van der Waals surface area contributed by atoms with Gasteiger partial charge < -0.3 is 10.6 Å². The predicted molar refractivity (Wildman–Crippen MR) is 137 cm³/mol. The quantitative estimate of drug-likeness (QED) is 0.311. The second-order valence-corrected chi connectivity index (χ2v) is 8.58. The summed E-state index contributed by atoms with van der Waals surface area (Å²) in [5.41, 5.74) is 4.25. The van der Waals surface area contributed by atoms with E-state index in [9.17, 15) is 9.59 Å². The maximum Gasteiger partial charge on any atom is 0.252 e. The van der Waals surface area contributed by atoms with Crippen molar-refractivity contribution < 1.29 is 9.59 Å². The third kappa shape index (κ3) is 5.84. The van der Waals surface area contributed by atoms with Gasteiger partial charge >= 0.3 is 0 Å². The summed E-state index contributed by atoms with van der Waals surface area (Å²) >= 11 is 11.9. The topological polar surface area (TPSA) is 58.2 Å². The van der Waals surface area contributed by atoms with E-state index in [0.29, 0.717) is 45.4 Å². The number of nitrogens with one attached hydrogen (secondary N) is 2. The van der Waals surface area contributed by atoms with Gasteiger partial charge in [0, 0.05) is 34.3 Å². The Morgan fingerprint density at radius 2 is 0.882 bits per heavy atom. The molecule has 0 aliphatic carbocycles. The van der Waals surface area contributed by atoms with Crippen molar-refractivity contribution in [2.75, 3.05) is 0 Å². The van der Waals surface area contributed by atoms with Crippen LogP contribution in [0, 0.1) is 0 Å². The molecular weight excluding hydrogens is 467 g/mol. The minimum atomic E-state index is -0.220. The van der Waals surface area contributed by atoms with Gasteiger partial charge in [-0.1, -0.05) is 83.9 Å². The molecular formula is C28H22Cl2N2O2. The first-order valence-electron chi connectivity index (χ1n) is 10.7. The molecule has 34 heavy (non-hydrogen) atoms. The zero-order valence-electron chi connectivity index (χ0n) is 18.2. The number of halogens is 2. The summed E-state index contributed by atoms with van der Waals surface area (Å²) in [5.74, 6) is -0.441. The lowest BCUT2D eigenvalue weighted by Gasteiger charge is -2.14. The number of carbonyl (C=O) groups is 2. The molecule has 0 heterocycles. The van der Waals surface area contributed by atoms with Crippen LogP contribution in [0.3, 0.4) is 0 Å². The van der Waals surface area contributed by atoms with Gasteiger partial charge in [0.25, 0.3) is 11.8 Å². The fourth-order valence-electron chi connectivity index (χ4n) is 3.59. The second-order valence-electron chi connectivity index (χ2n) is 7.71. The first kappa shape index (κ1) is 23.6. The lowest BCUT2D eigenvalue weighted by molar-refractivity contribution is 0.0941. The van der Waals surface area contributed by atoms with Crippen molar-refractivity contribution in [3.63, 3.8) is 0 Å². The molecule has 6 heteroatoms. The van der Waals surface area contributed by atoms with E-state index in [0.717, 1.165) is 11.1 Å². The summed E-state index contributed by atoms with van der Waals surface area (Å²) in [7, 11) is 0. The van der Waals surface area contributed by atoms with Crippen LogP contribution in [0.4, 0.5) is 0 Å². The van der Waals surface area contributed by atoms with E-state index in [2.05, 4.69) is 10.6 Å². The van der Waals surface area contributed by atoms with Crippen molar-refractivity contribution in [3.05, 3.63) is 129 Å². The molecule has 4 aromatic rings. The van der Waals surface area contributed by atoms with E-state index in [-0.39, 0.29) is 11.8 Å². The second kappa shape index (κ2) is 11.0. The number of hydrogen-bond donors (Lipinski definition) is 2. The smallest absolute Gasteiger partial charge is 0.252 e. The standard InChI is InChI=1S/C28H22Cl2N2O2/c29-21-13-9-19(10-14-21)17-31-27(33)25-7-3-1-5-23(25)24-6-2-4-8-26(24)28(34)32-18-20-11-15-22(30)16-12-20/h1-16H,17-18H2,(H,31,33)(H,32,34). The zero-order valence-corrected chi connectivity index (χ0v) is 19.7. The number of benzene rings is 4. The van der Waals surface area contributed by atoms with Crippen LogP contribution in [0.5, 0.6) is 0 Å². The average Bonchev–Trinajstić information content (AvgIpc) is 2.87. The normalized spacial score (nSPS) is 10.5. The molecule has 2 N–H and O–H groups in total. The Morgan fingerprint density at radius 1 is 0.529 bits per heavy atom. The average molecular weight is 489 g/mol. The fraction of sp³-hybridized carbons (Fsp3) is 0.0714. The van der Waals surface area contributed by atoms with Gasteiger partial charge in [0.05, 0.1) is 0 Å². The van der Waals surface area contributed by atoms with Crippen molar-refractivity contribution in [1.29, 1.82) is 0 Å². The minimum Gasteiger partial charge on any atom is -0.348 e. The van der Waals surface area contributed by atoms with Crippen molar-refractivity contribution >= 4 is 35.0 Å². The summed E-state index contributed by atoms with van der Waals surface area (Å²) in [5, 5.41) is 7.19. The Balaban J connectivity index is 1.54. The molecule has 0 saturated heterocycles. The molecule has 170 valence electrons. The van der Waals surface area contributed by atoms with Gasteiger partial charge in [-0.05, 0) is 58.7 Å². The van der Waals surface area contributed by atoms with Crippen LogP contribution in [0.15, 0.2) is 97.1 Å². The third-order valence-corrected chi connectivity index (χ3v) is 5.87. The van der Waals surface area contributed by atoms with Crippen LogP contribution >= 0.6 is 23.2 Å². The van der Waals surface area contributed by atoms with Crippen LogP contribution in [0.2, 0.25) is 10.0 Å². The molecule has 0 radical (unpaired) electrons. The molecule has 0 aliphatic rings. The van der Waals surface area contributed by atoms with Crippen LogP contribution < -0.4 is 10.6 Å². The Hall–Kier alpha value is -3.60. The molecule has 0 bridgehead atoms. The van der Waals surface area contributed by atoms with Gasteiger partial charge in [0.2, 0.25) is 0 Å². The van der Waals surface area contributed by atoms with Crippen LogP contribution in [0.25, 0.3) is 11.1 Å². The highest BCUT2D eigenvalue weighted by Gasteiger charge is 2.18. The van der Waals surface area contributed by atoms with Gasteiger partial charge in [-0.25, -0.2) is 0 Å². The van der Waals surface area contributed by atoms with Gasteiger partial charge in [0.1, 0.15) is 0 Å². The molecule has 2 amide bonds. The zero-order chi connectivity index (χ0) is 23.9. The first-order valence-corrected chi connectivity index (χ1v) is 11.5. The molecule has 0 atom stereocenters. The number of amides is 2. The minimum absolute atomic E-state index is 0.220. The van der Waals surface area contributed by atoms with E-state index in [1.807, 2.05) is 60.7 Å². The van der Waals surface area contributed by atoms with Gasteiger partial charge in [-0.15, -0.1) is 0 Å². The van der Waals surface area contributed by atoms with Crippen LogP contribution in [-0.4, -0.2) is 11.8 Å². The molecule has 4 rings (SSSR count).